The highest BCUT2D eigenvalue weighted by Gasteiger charge is 2.31. The summed E-state index contributed by atoms with van der Waals surface area (Å²) in [4.78, 5) is 46.3. The van der Waals surface area contributed by atoms with Crippen LogP contribution in [0, 0.1) is 6.92 Å². The second kappa shape index (κ2) is 8.15. The highest BCUT2D eigenvalue weighted by Crippen LogP contribution is 2.24. The Hall–Kier alpha value is -2.65. The number of thiazole rings is 1. The maximum absolute atomic E-state index is 12.6. The molecule has 1 N–H and O–H groups in total. The van der Waals surface area contributed by atoms with E-state index in [1.165, 1.54) is 9.80 Å². The molecule has 4 amide bonds. The van der Waals surface area contributed by atoms with E-state index in [1.54, 1.807) is 50.2 Å². The van der Waals surface area contributed by atoms with Crippen LogP contribution in [-0.4, -0.2) is 66.4 Å². The molecule has 0 radical (unpaired) electrons. The molecule has 0 bridgehead atoms. The van der Waals surface area contributed by atoms with Crippen molar-refractivity contribution in [1.82, 2.24) is 14.8 Å². The van der Waals surface area contributed by atoms with Crippen LogP contribution in [0.1, 0.15) is 15.4 Å². The fourth-order valence-corrected chi connectivity index (χ4v) is 3.90. The molecular weight excluding hydrogens is 402 g/mol. The highest BCUT2D eigenvalue weighted by atomic mass is 35.5. The molecule has 28 heavy (non-hydrogen) atoms. The van der Waals surface area contributed by atoms with Crippen molar-refractivity contribution in [2.24, 2.45) is 0 Å². The van der Waals surface area contributed by atoms with Crippen LogP contribution in [0.25, 0.3) is 0 Å². The van der Waals surface area contributed by atoms with Gasteiger partial charge in [-0.2, -0.15) is 0 Å². The number of carbonyl (C=O) groups is 3. The number of rotatable bonds is 5. The maximum Gasteiger partial charge on any atom is 0.325 e. The first-order valence-corrected chi connectivity index (χ1v) is 9.76. The average Bonchev–Trinajstić information content (AvgIpc) is 3.18. The van der Waals surface area contributed by atoms with Crippen molar-refractivity contribution in [3.8, 4) is 0 Å². The van der Waals surface area contributed by atoms with Crippen LogP contribution in [0.4, 0.5) is 15.6 Å². The first-order chi connectivity index (χ1) is 13.3. The predicted molar refractivity (Wildman–Crippen MR) is 109 cm³/mol. The minimum Gasteiger partial charge on any atom is -0.344 e. The van der Waals surface area contributed by atoms with Gasteiger partial charge in [-0.25, -0.2) is 9.78 Å². The Morgan fingerprint density at radius 3 is 2.57 bits per heavy atom. The number of halogens is 1. The van der Waals surface area contributed by atoms with Gasteiger partial charge in [0.15, 0.2) is 5.13 Å². The normalized spacial score (nSPS) is 13.8. The van der Waals surface area contributed by atoms with Crippen molar-refractivity contribution in [1.29, 1.82) is 0 Å². The molecule has 1 fully saturated rings. The van der Waals surface area contributed by atoms with Crippen molar-refractivity contribution in [2.75, 3.05) is 43.9 Å². The lowest BCUT2D eigenvalue weighted by Gasteiger charge is -2.18. The SMILES string of the molecule is Cc1nc(NC(=O)CN2CCN(c3ccc(Cl)cc3)C2=O)sc1C(=O)N(C)C. The second-order valence-electron chi connectivity index (χ2n) is 6.51. The number of amides is 4. The van der Waals surface area contributed by atoms with Crippen LogP contribution in [0.5, 0.6) is 0 Å². The van der Waals surface area contributed by atoms with Gasteiger partial charge in [0.25, 0.3) is 5.91 Å². The third-order valence-electron chi connectivity index (χ3n) is 4.21. The molecule has 2 heterocycles. The number of anilines is 2. The van der Waals surface area contributed by atoms with E-state index in [0.717, 1.165) is 17.0 Å². The van der Waals surface area contributed by atoms with Gasteiger partial charge in [-0.3, -0.25) is 14.5 Å². The fourth-order valence-electron chi connectivity index (χ4n) is 2.77. The number of nitrogens with zero attached hydrogens (tertiary/aromatic N) is 4. The molecule has 1 aromatic carbocycles. The van der Waals surface area contributed by atoms with E-state index in [9.17, 15) is 14.4 Å². The van der Waals surface area contributed by atoms with Crippen LogP contribution in [-0.2, 0) is 4.79 Å². The Morgan fingerprint density at radius 1 is 1.25 bits per heavy atom. The lowest BCUT2D eigenvalue weighted by molar-refractivity contribution is -0.116. The number of hydrogen-bond donors (Lipinski definition) is 1. The van der Waals surface area contributed by atoms with E-state index in [-0.39, 0.29) is 24.4 Å². The molecular formula is C18H20ClN5O3S. The summed E-state index contributed by atoms with van der Waals surface area (Å²) in [7, 11) is 3.32. The zero-order valence-electron chi connectivity index (χ0n) is 15.7. The van der Waals surface area contributed by atoms with E-state index in [0.29, 0.717) is 33.8 Å². The van der Waals surface area contributed by atoms with Crippen molar-refractivity contribution < 1.29 is 14.4 Å². The number of aromatic nitrogens is 1. The van der Waals surface area contributed by atoms with Crippen molar-refractivity contribution in [3.63, 3.8) is 0 Å². The smallest absolute Gasteiger partial charge is 0.325 e. The topological polar surface area (TPSA) is 85.9 Å². The van der Waals surface area contributed by atoms with Crippen LogP contribution < -0.4 is 10.2 Å². The van der Waals surface area contributed by atoms with E-state index >= 15 is 0 Å². The summed E-state index contributed by atoms with van der Waals surface area (Å²) in [6.07, 6.45) is 0. The van der Waals surface area contributed by atoms with Gasteiger partial charge in [0, 0.05) is 37.9 Å². The molecule has 1 aliphatic rings. The van der Waals surface area contributed by atoms with Gasteiger partial charge in [-0.05, 0) is 31.2 Å². The molecule has 0 spiro atoms. The number of urea groups is 1. The summed E-state index contributed by atoms with van der Waals surface area (Å²) in [6, 6.07) is 6.74. The van der Waals surface area contributed by atoms with Gasteiger partial charge >= 0.3 is 6.03 Å². The number of hydrogen-bond acceptors (Lipinski definition) is 5. The molecule has 0 saturated carbocycles. The standard InChI is InChI=1S/C18H20ClN5O3S/c1-11-15(16(26)22(2)3)28-17(20-11)21-14(25)10-23-8-9-24(18(23)27)13-6-4-12(19)5-7-13/h4-7H,8-10H2,1-3H3,(H,20,21,25). The predicted octanol–water partition coefficient (Wildman–Crippen LogP) is 2.69. The highest BCUT2D eigenvalue weighted by molar-refractivity contribution is 7.17. The van der Waals surface area contributed by atoms with Gasteiger partial charge in [0.1, 0.15) is 11.4 Å². The minimum absolute atomic E-state index is 0.0848. The Kier molecular flexibility index (Phi) is 5.85. The van der Waals surface area contributed by atoms with Crippen molar-refractivity contribution in [2.45, 2.75) is 6.92 Å². The molecule has 1 aliphatic heterocycles. The Balaban J connectivity index is 1.61. The van der Waals surface area contributed by atoms with E-state index in [4.69, 9.17) is 11.6 Å². The second-order valence-corrected chi connectivity index (χ2v) is 7.95. The summed E-state index contributed by atoms with van der Waals surface area (Å²) >= 11 is 7.00. The minimum atomic E-state index is -0.357. The summed E-state index contributed by atoms with van der Waals surface area (Å²) in [5.74, 6) is -0.521. The molecule has 148 valence electrons. The zero-order chi connectivity index (χ0) is 20.4. The van der Waals surface area contributed by atoms with Gasteiger partial charge < -0.3 is 15.1 Å². The molecule has 1 saturated heterocycles. The first-order valence-electron chi connectivity index (χ1n) is 8.57. The van der Waals surface area contributed by atoms with E-state index in [1.807, 2.05) is 0 Å². The van der Waals surface area contributed by atoms with Crippen LogP contribution >= 0.6 is 22.9 Å². The number of carbonyl (C=O) groups excluding carboxylic acids is 3. The summed E-state index contributed by atoms with van der Waals surface area (Å²) < 4.78 is 0. The third kappa shape index (κ3) is 4.26. The van der Waals surface area contributed by atoms with Gasteiger partial charge in [0.05, 0.1) is 5.69 Å². The summed E-state index contributed by atoms with van der Waals surface area (Å²) in [5, 5.41) is 3.61. The van der Waals surface area contributed by atoms with E-state index < -0.39 is 0 Å². The lowest BCUT2D eigenvalue weighted by atomic mass is 10.3. The van der Waals surface area contributed by atoms with Gasteiger partial charge in [0.2, 0.25) is 5.91 Å². The molecule has 10 heteroatoms. The van der Waals surface area contributed by atoms with Crippen LogP contribution in [0.2, 0.25) is 5.02 Å². The molecule has 8 nitrogen and oxygen atoms in total. The summed E-state index contributed by atoms with van der Waals surface area (Å²) in [5.41, 5.74) is 1.30. The molecule has 1 aromatic heterocycles. The average molecular weight is 422 g/mol. The number of benzene rings is 1. The van der Waals surface area contributed by atoms with Crippen molar-refractivity contribution in [3.05, 3.63) is 39.9 Å². The molecule has 3 rings (SSSR count). The zero-order valence-corrected chi connectivity index (χ0v) is 17.3. The molecule has 0 atom stereocenters. The Labute approximate surface area is 171 Å². The first kappa shape index (κ1) is 20.1. The Morgan fingerprint density at radius 2 is 1.93 bits per heavy atom. The number of aryl methyl sites for hydroxylation is 1. The van der Waals surface area contributed by atoms with Crippen LogP contribution in [0.3, 0.4) is 0 Å². The number of nitrogens with one attached hydrogen (secondary N) is 1. The lowest BCUT2D eigenvalue weighted by Crippen LogP contribution is -2.37. The van der Waals surface area contributed by atoms with Crippen LogP contribution in [0.15, 0.2) is 24.3 Å². The van der Waals surface area contributed by atoms with Gasteiger partial charge in [-0.1, -0.05) is 22.9 Å². The van der Waals surface area contributed by atoms with Gasteiger partial charge in [-0.15, -0.1) is 0 Å². The molecule has 0 unspecified atom stereocenters. The van der Waals surface area contributed by atoms with E-state index in [2.05, 4.69) is 10.3 Å². The fraction of sp³-hybridized carbons (Fsp3) is 0.333. The summed E-state index contributed by atoms with van der Waals surface area (Å²) in [6.45, 7) is 2.57. The third-order valence-corrected chi connectivity index (χ3v) is 5.52. The Bertz CT molecular complexity index is 912. The van der Waals surface area contributed by atoms with Crippen molar-refractivity contribution >= 4 is 51.6 Å². The maximum atomic E-state index is 12.6. The molecule has 0 aliphatic carbocycles. The molecule has 2 aromatic rings. The quantitative estimate of drug-likeness (QED) is 0.804. The monoisotopic (exact) mass is 421 g/mol. The largest absolute Gasteiger partial charge is 0.344 e.